The second-order valence-electron chi connectivity index (χ2n) is 15.1. The van der Waals surface area contributed by atoms with Crippen LogP contribution in [-0.4, -0.2) is 87.1 Å². The van der Waals surface area contributed by atoms with E-state index in [2.05, 4.69) is 78.8 Å². The molecule has 9 heteroatoms. The molecule has 0 unspecified atom stereocenters. The molecule has 3 aliphatic carbocycles. The smallest absolute Gasteiger partial charge is 0.328 e. The zero-order valence-electron chi connectivity index (χ0n) is 27.7. The summed E-state index contributed by atoms with van der Waals surface area (Å²) in [6.45, 7) is 17.8. The van der Waals surface area contributed by atoms with Gasteiger partial charge in [-0.3, -0.25) is 14.5 Å². The zero-order valence-corrected chi connectivity index (χ0v) is 27.7. The van der Waals surface area contributed by atoms with Gasteiger partial charge < -0.3 is 14.7 Å². The molecule has 2 heterocycles. The van der Waals surface area contributed by atoms with Gasteiger partial charge in [0, 0.05) is 61.5 Å². The summed E-state index contributed by atoms with van der Waals surface area (Å²) in [6.07, 6.45) is 5.94. The van der Waals surface area contributed by atoms with Crippen molar-refractivity contribution in [2.24, 2.45) is 34.0 Å². The highest BCUT2D eigenvalue weighted by Gasteiger charge is 2.68. The Hall–Kier alpha value is -2.88. The molecule has 4 aliphatic rings. The third kappa shape index (κ3) is 5.59. The van der Waals surface area contributed by atoms with E-state index in [1.54, 1.807) is 6.20 Å². The topological polar surface area (TPSA) is 101 Å². The van der Waals surface area contributed by atoms with Gasteiger partial charge in [0.15, 0.2) is 0 Å². The van der Waals surface area contributed by atoms with Crippen LogP contribution >= 0.6 is 0 Å². The Morgan fingerprint density at radius 2 is 1.84 bits per heavy atom. The fourth-order valence-electron chi connectivity index (χ4n) is 9.38. The lowest BCUT2D eigenvalue weighted by molar-refractivity contribution is -0.207. The van der Waals surface area contributed by atoms with Gasteiger partial charge >= 0.3 is 5.97 Å². The lowest BCUT2D eigenvalue weighted by Crippen LogP contribution is -2.63. The number of aliphatic hydroxyl groups is 1. The van der Waals surface area contributed by atoms with Crippen molar-refractivity contribution in [3.05, 3.63) is 48.7 Å². The van der Waals surface area contributed by atoms with Crippen LogP contribution in [0, 0.1) is 34.0 Å². The molecule has 1 aromatic carbocycles. The third-order valence-electron chi connectivity index (χ3n) is 12.7. The standard InChI is InChI=1S/C36H51N5O4/c1-7-34(4)20-30(35(5)24(2)12-14-36(25(3)33(34)44)15-13-29(42)32(35)36)45-31(43)23-41-22-28(37-38-41)27-10-8-26(9-11-27)21-40-18-16-39(6)17-19-40/h7-11,22,24-25,30,32-33,44H,1,12-21,23H2,2-6H3/t24-,25+,30-,32+,33+,34-,35+,36+/m1/s1. The number of ether oxygens (including phenoxy) is 1. The summed E-state index contributed by atoms with van der Waals surface area (Å²) < 4.78 is 7.92. The predicted molar refractivity (Wildman–Crippen MR) is 173 cm³/mol. The number of carbonyl (C=O) groups excluding carboxylic acids is 2. The van der Waals surface area contributed by atoms with Crippen LogP contribution in [0.25, 0.3) is 11.3 Å². The molecule has 244 valence electrons. The van der Waals surface area contributed by atoms with E-state index in [0.29, 0.717) is 18.5 Å². The molecule has 4 fully saturated rings. The fraction of sp³-hybridized carbons (Fsp3) is 0.667. The molecule has 0 amide bonds. The van der Waals surface area contributed by atoms with E-state index in [-0.39, 0.29) is 35.5 Å². The number of ketones is 1. The number of aliphatic hydroxyl groups excluding tert-OH is 1. The second kappa shape index (κ2) is 12.0. The Balaban J connectivity index is 1.18. The molecule has 8 atom stereocenters. The molecule has 1 aliphatic heterocycles. The molecule has 1 aromatic heterocycles. The van der Waals surface area contributed by atoms with Crippen molar-refractivity contribution < 1.29 is 19.4 Å². The molecule has 0 radical (unpaired) electrons. The predicted octanol–water partition coefficient (Wildman–Crippen LogP) is 4.60. The van der Waals surface area contributed by atoms with Crippen LogP contribution in [0.5, 0.6) is 0 Å². The number of esters is 1. The van der Waals surface area contributed by atoms with E-state index >= 15 is 0 Å². The summed E-state index contributed by atoms with van der Waals surface area (Å²) in [5.41, 5.74) is 1.41. The van der Waals surface area contributed by atoms with Crippen LogP contribution in [0.1, 0.15) is 65.4 Å². The summed E-state index contributed by atoms with van der Waals surface area (Å²) in [4.78, 5) is 32.1. The number of nitrogens with zero attached hydrogens (tertiary/aromatic N) is 5. The van der Waals surface area contributed by atoms with Crippen LogP contribution in [-0.2, 0) is 27.4 Å². The van der Waals surface area contributed by atoms with E-state index in [9.17, 15) is 14.7 Å². The van der Waals surface area contributed by atoms with Gasteiger partial charge in [-0.05, 0) is 55.5 Å². The molecule has 2 aromatic rings. The second-order valence-corrected chi connectivity index (χ2v) is 15.1. The lowest BCUT2D eigenvalue weighted by Gasteiger charge is -2.61. The highest BCUT2D eigenvalue weighted by atomic mass is 16.5. The quantitative estimate of drug-likeness (QED) is 0.356. The highest BCUT2D eigenvalue weighted by Crippen LogP contribution is 2.68. The minimum Gasteiger partial charge on any atom is -0.460 e. The van der Waals surface area contributed by atoms with Gasteiger partial charge in [-0.15, -0.1) is 11.7 Å². The Morgan fingerprint density at radius 3 is 2.53 bits per heavy atom. The van der Waals surface area contributed by atoms with Gasteiger partial charge in [-0.2, -0.15) is 0 Å². The SMILES string of the molecule is C=C[C@]1(C)C[C@@H](OC(=O)Cn2cc(-c3ccc(CN4CCN(C)CC4)cc3)nn2)[C@]2(C)[C@H](C)CC[C@]3(CCC(=O)[C@H]32)[C@@H](C)[C@@H]1O. The molecular weight excluding hydrogens is 566 g/mol. The Bertz CT molecular complexity index is 1420. The van der Waals surface area contributed by atoms with Gasteiger partial charge in [0.25, 0.3) is 0 Å². The van der Waals surface area contributed by atoms with Gasteiger partial charge in [-0.1, -0.05) is 63.2 Å². The van der Waals surface area contributed by atoms with Gasteiger partial charge in [0.2, 0.25) is 0 Å². The number of piperazine rings is 1. The van der Waals surface area contributed by atoms with Crippen molar-refractivity contribution in [2.45, 2.75) is 85.1 Å². The Labute approximate surface area is 268 Å². The van der Waals surface area contributed by atoms with Crippen LogP contribution in [0.3, 0.4) is 0 Å². The van der Waals surface area contributed by atoms with Crippen molar-refractivity contribution in [3.63, 3.8) is 0 Å². The first-order valence-electron chi connectivity index (χ1n) is 16.8. The number of hydrogen-bond donors (Lipinski definition) is 1. The van der Waals surface area contributed by atoms with Gasteiger partial charge in [0.1, 0.15) is 24.1 Å². The first kappa shape index (κ1) is 32.1. The number of hydrogen-bond acceptors (Lipinski definition) is 8. The molecule has 0 spiro atoms. The Morgan fingerprint density at radius 1 is 1.13 bits per heavy atom. The highest BCUT2D eigenvalue weighted by molar-refractivity contribution is 5.85. The summed E-state index contributed by atoms with van der Waals surface area (Å²) >= 11 is 0. The number of aromatic nitrogens is 3. The molecule has 1 saturated heterocycles. The largest absolute Gasteiger partial charge is 0.460 e. The van der Waals surface area contributed by atoms with Crippen molar-refractivity contribution in [3.8, 4) is 11.3 Å². The van der Waals surface area contributed by atoms with Crippen LogP contribution < -0.4 is 0 Å². The van der Waals surface area contributed by atoms with E-state index in [1.807, 2.05) is 13.0 Å². The van der Waals surface area contributed by atoms with Crippen LogP contribution in [0.2, 0.25) is 0 Å². The van der Waals surface area contributed by atoms with Crippen molar-refractivity contribution in [2.75, 3.05) is 33.2 Å². The van der Waals surface area contributed by atoms with E-state index < -0.39 is 29.0 Å². The maximum Gasteiger partial charge on any atom is 0.328 e. The molecule has 1 N–H and O–H groups in total. The maximum atomic E-state index is 13.6. The first-order chi connectivity index (χ1) is 21.4. The number of benzene rings is 1. The third-order valence-corrected chi connectivity index (χ3v) is 12.7. The Kier molecular flexibility index (Phi) is 8.59. The molecule has 3 saturated carbocycles. The van der Waals surface area contributed by atoms with Crippen molar-refractivity contribution in [1.29, 1.82) is 0 Å². The van der Waals surface area contributed by atoms with Crippen molar-refractivity contribution >= 4 is 11.8 Å². The average Bonchev–Trinajstić information content (AvgIpc) is 3.64. The molecule has 6 rings (SSSR count). The summed E-state index contributed by atoms with van der Waals surface area (Å²) in [5, 5.41) is 20.3. The minimum absolute atomic E-state index is 0.0603. The lowest BCUT2D eigenvalue weighted by atomic mass is 9.44. The molecular formula is C36H51N5O4. The number of rotatable bonds is 7. The van der Waals surface area contributed by atoms with Crippen LogP contribution in [0.4, 0.5) is 0 Å². The summed E-state index contributed by atoms with van der Waals surface area (Å²) in [6, 6.07) is 8.39. The number of likely N-dealkylation sites (N-methyl/N-ethyl adjacent to an activating group) is 1. The molecule has 2 bridgehead atoms. The fourth-order valence-corrected chi connectivity index (χ4v) is 9.38. The summed E-state index contributed by atoms with van der Waals surface area (Å²) in [5.74, 6) is -0.285. The van der Waals surface area contributed by atoms with Crippen molar-refractivity contribution in [1.82, 2.24) is 24.8 Å². The normalized spacial score (nSPS) is 37.5. The monoisotopic (exact) mass is 617 g/mol. The number of carbonyl (C=O) groups is 2. The summed E-state index contributed by atoms with van der Waals surface area (Å²) in [7, 11) is 2.17. The molecule has 9 nitrogen and oxygen atoms in total. The maximum absolute atomic E-state index is 13.6. The minimum atomic E-state index is -0.687. The van der Waals surface area contributed by atoms with Gasteiger partial charge in [0.05, 0.1) is 12.3 Å². The van der Waals surface area contributed by atoms with Crippen LogP contribution in [0.15, 0.2) is 43.1 Å². The molecule has 45 heavy (non-hydrogen) atoms. The van der Waals surface area contributed by atoms with Gasteiger partial charge in [-0.25, -0.2) is 4.68 Å². The van der Waals surface area contributed by atoms with E-state index in [0.717, 1.165) is 57.5 Å². The van der Waals surface area contributed by atoms with E-state index in [1.165, 1.54) is 10.2 Å². The zero-order chi connectivity index (χ0) is 32.1. The average molecular weight is 618 g/mol. The first-order valence-corrected chi connectivity index (χ1v) is 16.8. The number of Topliss-reactive ketones (excluding diaryl/α,β-unsaturated/α-hetero) is 1. The van der Waals surface area contributed by atoms with E-state index in [4.69, 9.17) is 4.74 Å².